The van der Waals surface area contributed by atoms with Gasteiger partial charge in [0.25, 0.3) is 5.91 Å². The maximum Gasteiger partial charge on any atom is 0.417 e. The second-order valence-electron chi connectivity index (χ2n) is 8.04. The Balaban J connectivity index is 1.73. The first-order chi connectivity index (χ1) is 15.6. The van der Waals surface area contributed by atoms with Crippen LogP contribution in [0.4, 0.5) is 24.5 Å². The molecule has 0 radical (unpaired) electrons. The van der Waals surface area contributed by atoms with E-state index in [0.717, 1.165) is 24.1 Å². The van der Waals surface area contributed by atoms with Gasteiger partial charge in [-0.1, -0.05) is 18.7 Å². The van der Waals surface area contributed by atoms with E-state index in [2.05, 4.69) is 11.3 Å². The van der Waals surface area contributed by atoms with Crippen LogP contribution in [-0.2, 0) is 26.9 Å². The Hall–Kier alpha value is -3.80. The van der Waals surface area contributed by atoms with Gasteiger partial charge in [0.2, 0.25) is 0 Å². The number of ether oxygens (including phenoxy) is 1. The Morgan fingerprint density at radius 3 is 2.33 bits per heavy atom. The Morgan fingerprint density at radius 1 is 1.18 bits per heavy atom. The Bertz CT molecular complexity index is 1180. The minimum Gasteiger partial charge on any atom is -0.469 e. The molecule has 9 heteroatoms. The standard InChI is InChI=1S/C24H20F3N3O3/c1-15-29(19-9-6-17(14-28)20(13-19)24(25,26)27)22(32)23(10-3-11-23)30(15)18-7-4-16(5-8-18)12-21(31)33-2/h4-9,13H,1,3,10-12H2,2H3. The highest BCUT2D eigenvalue weighted by Crippen LogP contribution is 2.50. The molecule has 1 saturated heterocycles. The second kappa shape index (κ2) is 7.96. The molecule has 1 aliphatic heterocycles. The topological polar surface area (TPSA) is 73.6 Å². The van der Waals surface area contributed by atoms with Gasteiger partial charge in [-0.2, -0.15) is 18.4 Å². The molecular weight excluding hydrogens is 435 g/mol. The van der Waals surface area contributed by atoms with Crippen LogP contribution < -0.4 is 9.80 Å². The molecule has 2 fully saturated rings. The van der Waals surface area contributed by atoms with Crippen LogP contribution >= 0.6 is 0 Å². The molecule has 2 aliphatic rings. The van der Waals surface area contributed by atoms with Gasteiger partial charge in [-0.3, -0.25) is 14.5 Å². The number of benzene rings is 2. The van der Waals surface area contributed by atoms with E-state index in [1.165, 1.54) is 18.1 Å². The molecule has 33 heavy (non-hydrogen) atoms. The first kappa shape index (κ1) is 22.4. The predicted octanol–water partition coefficient (Wildman–Crippen LogP) is 4.54. The highest BCUT2D eigenvalue weighted by Gasteiger charge is 2.58. The molecule has 4 rings (SSSR count). The molecule has 1 amide bonds. The average molecular weight is 455 g/mol. The van der Waals surface area contributed by atoms with Crippen LogP contribution in [0.5, 0.6) is 0 Å². The van der Waals surface area contributed by atoms with E-state index in [1.54, 1.807) is 35.2 Å². The Labute approximate surface area is 188 Å². The average Bonchev–Trinajstić information content (AvgIpc) is 3.00. The van der Waals surface area contributed by atoms with Gasteiger partial charge in [-0.05, 0) is 55.2 Å². The summed E-state index contributed by atoms with van der Waals surface area (Å²) in [5.74, 6) is -0.500. The van der Waals surface area contributed by atoms with Gasteiger partial charge in [0.1, 0.15) is 11.4 Å². The van der Waals surface area contributed by atoms with E-state index in [1.807, 2.05) is 0 Å². The number of rotatable bonds is 4. The summed E-state index contributed by atoms with van der Waals surface area (Å²) >= 11 is 0. The van der Waals surface area contributed by atoms with Crippen LogP contribution in [0.15, 0.2) is 54.9 Å². The molecule has 0 unspecified atom stereocenters. The maximum absolute atomic E-state index is 13.5. The third-order valence-corrected chi connectivity index (χ3v) is 6.18. The van der Waals surface area contributed by atoms with Crippen molar-refractivity contribution in [2.45, 2.75) is 37.4 Å². The third kappa shape index (κ3) is 3.61. The summed E-state index contributed by atoms with van der Waals surface area (Å²) in [6.45, 7) is 4.03. The highest BCUT2D eigenvalue weighted by atomic mass is 19.4. The summed E-state index contributed by atoms with van der Waals surface area (Å²) < 4.78 is 45.2. The molecule has 170 valence electrons. The van der Waals surface area contributed by atoms with Gasteiger partial charge in [-0.15, -0.1) is 0 Å². The first-order valence-electron chi connectivity index (χ1n) is 10.2. The molecule has 0 N–H and O–H groups in total. The number of esters is 1. The summed E-state index contributed by atoms with van der Waals surface area (Å²) in [6.07, 6.45) is -2.78. The number of hydrogen-bond acceptors (Lipinski definition) is 5. The molecule has 6 nitrogen and oxygen atoms in total. The van der Waals surface area contributed by atoms with Crippen LogP contribution in [0.25, 0.3) is 0 Å². The Kier molecular flexibility index (Phi) is 5.40. The molecule has 0 aromatic heterocycles. The lowest BCUT2D eigenvalue weighted by Crippen LogP contribution is -2.54. The highest BCUT2D eigenvalue weighted by molar-refractivity contribution is 6.11. The first-order valence-corrected chi connectivity index (χ1v) is 10.2. The molecule has 2 aromatic carbocycles. The quantitative estimate of drug-likeness (QED) is 0.633. The van der Waals surface area contributed by atoms with Gasteiger partial charge < -0.3 is 9.64 Å². The zero-order valence-corrected chi connectivity index (χ0v) is 17.8. The Morgan fingerprint density at radius 2 is 1.82 bits per heavy atom. The van der Waals surface area contributed by atoms with Crippen molar-refractivity contribution in [1.29, 1.82) is 5.26 Å². The van der Waals surface area contributed by atoms with E-state index >= 15 is 0 Å². The number of methoxy groups -OCH3 is 1. The maximum atomic E-state index is 13.5. The number of amides is 1. The number of nitrogens with zero attached hydrogens (tertiary/aromatic N) is 3. The van der Waals surface area contributed by atoms with Crippen LogP contribution in [0.1, 0.15) is 36.0 Å². The lowest BCUT2D eigenvalue weighted by molar-refractivity contribution is -0.140. The van der Waals surface area contributed by atoms with Gasteiger partial charge in [0.05, 0.1) is 36.4 Å². The zero-order valence-electron chi connectivity index (χ0n) is 17.8. The number of alkyl halides is 3. The summed E-state index contributed by atoms with van der Waals surface area (Å²) in [6, 6.07) is 11.7. The lowest BCUT2D eigenvalue weighted by atomic mass is 9.75. The van der Waals surface area contributed by atoms with E-state index in [0.29, 0.717) is 18.5 Å². The minimum atomic E-state index is -4.74. The molecule has 0 atom stereocenters. The van der Waals surface area contributed by atoms with Crippen molar-refractivity contribution < 1.29 is 27.5 Å². The van der Waals surface area contributed by atoms with Crippen molar-refractivity contribution in [2.24, 2.45) is 0 Å². The SMILES string of the molecule is C=C1N(c2ccc(C#N)c(C(F)(F)F)c2)C(=O)C2(CCC2)N1c1ccc(CC(=O)OC)cc1. The number of nitriles is 1. The van der Waals surface area contributed by atoms with Gasteiger partial charge >= 0.3 is 12.1 Å². The fourth-order valence-electron chi connectivity index (χ4n) is 4.38. The van der Waals surface area contributed by atoms with Gasteiger partial charge in [0.15, 0.2) is 0 Å². The second-order valence-corrected chi connectivity index (χ2v) is 8.04. The van der Waals surface area contributed by atoms with E-state index in [9.17, 15) is 22.8 Å². The van der Waals surface area contributed by atoms with E-state index in [-0.39, 0.29) is 29.8 Å². The fourth-order valence-corrected chi connectivity index (χ4v) is 4.38. The van der Waals surface area contributed by atoms with Crippen LogP contribution in [0.2, 0.25) is 0 Å². The summed E-state index contributed by atoms with van der Waals surface area (Å²) in [4.78, 5) is 28.0. The van der Waals surface area contributed by atoms with Crippen molar-refractivity contribution in [1.82, 2.24) is 0 Å². The van der Waals surface area contributed by atoms with E-state index in [4.69, 9.17) is 5.26 Å². The molecule has 1 spiro atoms. The predicted molar refractivity (Wildman–Crippen MR) is 114 cm³/mol. The van der Waals surface area contributed by atoms with Gasteiger partial charge in [-0.25, -0.2) is 0 Å². The summed E-state index contributed by atoms with van der Waals surface area (Å²) in [5, 5.41) is 9.07. The van der Waals surface area contributed by atoms with Crippen molar-refractivity contribution in [2.75, 3.05) is 16.9 Å². The van der Waals surface area contributed by atoms with Crippen LogP contribution in [0, 0.1) is 11.3 Å². The normalized spacial score (nSPS) is 17.2. The number of halogens is 3. The fraction of sp³-hybridized carbons (Fsp3) is 0.292. The molecular formula is C24H20F3N3O3. The molecule has 1 heterocycles. The monoisotopic (exact) mass is 455 g/mol. The smallest absolute Gasteiger partial charge is 0.417 e. The van der Waals surface area contributed by atoms with Crippen LogP contribution in [0.3, 0.4) is 0 Å². The number of hydrogen-bond donors (Lipinski definition) is 0. The number of carbonyl (C=O) groups excluding carboxylic acids is 2. The number of carbonyl (C=O) groups is 2. The van der Waals surface area contributed by atoms with Gasteiger partial charge in [0, 0.05) is 5.69 Å². The minimum absolute atomic E-state index is 0.00686. The van der Waals surface area contributed by atoms with Crippen molar-refractivity contribution >= 4 is 23.3 Å². The van der Waals surface area contributed by atoms with E-state index < -0.39 is 22.8 Å². The molecule has 1 saturated carbocycles. The third-order valence-electron chi connectivity index (χ3n) is 6.18. The molecule has 2 aromatic rings. The summed E-state index contributed by atoms with van der Waals surface area (Å²) in [7, 11) is 1.30. The van der Waals surface area contributed by atoms with Crippen molar-refractivity contribution in [3.05, 3.63) is 71.6 Å². The van der Waals surface area contributed by atoms with Crippen molar-refractivity contribution in [3.63, 3.8) is 0 Å². The lowest BCUT2D eigenvalue weighted by Gasteiger charge is -2.43. The molecule has 0 bridgehead atoms. The van der Waals surface area contributed by atoms with Crippen LogP contribution in [-0.4, -0.2) is 24.5 Å². The number of anilines is 2. The summed E-state index contributed by atoms with van der Waals surface area (Å²) in [5.41, 5.74) is -1.16. The van der Waals surface area contributed by atoms with Crippen molar-refractivity contribution in [3.8, 4) is 6.07 Å². The molecule has 1 aliphatic carbocycles. The zero-order chi connectivity index (χ0) is 24.0. The largest absolute Gasteiger partial charge is 0.469 e.